The van der Waals surface area contributed by atoms with Crippen LogP contribution in [0.5, 0.6) is 0 Å². The van der Waals surface area contributed by atoms with Crippen molar-refractivity contribution in [3.05, 3.63) is 51.6 Å². The Bertz CT molecular complexity index is 881. The molecule has 2 aromatic rings. The van der Waals surface area contributed by atoms with Gasteiger partial charge in [-0.15, -0.1) is 0 Å². The smallest absolute Gasteiger partial charge is 0.338 e. The van der Waals surface area contributed by atoms with Crippen LogP contribution in [0.25, 0.3) is 0 Å². The van der Waals surface area contributed by atoms with Crippen molar-refractivity contribution in [3.8, 4) is 0 Å². The molecule has 0 amide bonds. The van der Waals surface area contributed by atoms with Gasteiger partial charge in [0.2, 0.25) is 5.95 Å². The number of hydrogen-bond donors (Lipinski definition) is 1. The third-order valence-corrected chi connectivity index (χ3v) is 5.24. The van der Waals surface area contributed by atoms with Gasteiger partial charge in [0.1, 0.15) is 18.2 Å². The van der Waals surface area contributed by atoms with Gasteiger partial charge >= 0.3 is 5.97 Å². The number of fused-ring (bicyclic) bond motifs is 1. The molecule has 8 heteroatoms. The summed E-state index contributed by atoms with van der Waals surface area (Å²) in [5.74, 6) is -0.432. The van der Waals surface area contributed by atoms with Gasteiger partial charge in [-0.1, -0.05) is 48.5 Å². The van der Waals surface area contributed by atoms with E-state index in [1.165, 1.54) is 23.5 Å². The van der Waals surface area contributed by atoms with Crippen LogP contribution in [0, 0.1) is 5.82 Å². The van der Waals surface area contributed by atoms with Crippen molar-refractivity contribution in [1.82, 2.24) is 14.8 Å². The SMILES string of the molecule is CCCCCCCOC(=O)C1=C(C)Nc2ncnn2[C@H]1c1cc(Br)ccc1F. The Morgan fingerprint density at radius 1 is 1.32 bits per heavy atom. The van der Waals surface area contributed by atoms with Gasteiger partial charge in [0.25, 0.3) is 0 Å². The minimum Gasteiger partial charge on any atom is -0.462 e. The number of nitrogens with one attached hydrogen (secondary N) is 1. The lowest BCUT2D eigenvalue weighted by atomic mass is 9.95. The molecule has 1 aliphatic rings. The van der Waals surface area contributed by atoms with Crippen molar-refractivity contribution in [2.45, 2.75) is 52.0 Å². The molecule has 1 atom stereocenters. The topological polar surface area (TPSA) is 69.0 Å². The number of rotatable bonds is 8. The Kier molecular flexibility index (Phi) is 6.83. The average Bonchev–Trinajstić information content (AvgIpc) is 3.13. The zero-order valence-electron chi connectivity index (χ0n) is 16.0. The molecular weight excluding hydrogens is 427 g/mol. The summed E-state index contributed by atoms with van der Waals surface area (Å²) >= 11 is 3.38. The minimum absolute atomic E-state index is 0.330. The summed E-state index contributed by atoms with van der Waals surface area (Å²) in [6.07, 6.45) is 6.69. The number of carbonyl (C=O) groups excluding carboxylic acids is 1. The van der Waals surface area contributed by atoms with Crippen LogP contribution in [-0.2, 0) is 9.53 Å². The number of nitrogens with zero attached hydrogens (tertiary/aromatic N) is 3. The van der Waals surface area contributed by atoms with E-state index in [2.05, 4.69) is 38.3 Å². The van der Waals surface area contributed by atoms with Crippen LogP contribution in [0.4, 0.5) is 10.3 Å². The molecule has 0 aliphatic carbocycles. The third-order valence-electron chi connectivity index (χ3n) is 4.75. The van der Waals surface area contributed by atoms with Crippen LogP contribution >= 0.6 is 15.9 Å². The molecule has 1 N–H and O–H groups in total. The molecule has 0 unspecified atom stereocenters. The molecule has 0 saturated heterocycles. The fraction of sp³-hybridized carbons (Fsp3) is 0.450. The van der Waals surface area contributed by atoms with Crippen LogP contribution in [0.1, 0.15) is 57.6 Å². The molecule has 3 rings (SSSR count). The highest BCUT2D eigenvalue weighted by Gasteiger charge is 2.35. The molecule has 0 saturated carbocycles. The van der Waals surface area contributed by atoms with Crippen molar-refractivity contribution >= 4 is 27.8 Å². The largest absolute Gasteiger partial charge is 0.462 e. The molecule has 6 nitrogen and oxygen atoms in total. The first kappa shape index (κ1) is 20.5. The van der Waals surface area contributed by atoms with Crippen LogP contribution in [-0.4, -0.2) is 27.3 Å². The van der Waals surface area contributed by atoms with Gasteiger partial charge in [-0.25, -0.2) is 13.9 Å². The van der Waals surface area contributed by atoms with Gasteiger partial charge in [0.15, 0.2) is 0 Å². The molecule has 1 aliphatic heterocycles. The summed E-state index contributed by atoms with van der Waals surface area (Å²) in [5.41, 5.74) is 1.25. The van der Waals surface area contributed by atoms with Crippen LogP contribution in [0.2, 0.25) is 0 Å². The lowest BCUT2D eigenvalue weighted by Crippen LogP contribution is -2.30. The Balaban J connectivity index is 1.85. The van der Waals surface area contributed by atoms with E-state index in [4.69, 9.17) is 4.74 Å². The minimum atomic E-state index is -0.746. The first-order chi connectivity index (χ1) is 13.5. The number of carbonyl (C=O) groups is 1. The molecular formula is C20H24BrFN4O2. The highest BCUT2D eigenvalue weighted by Crippen LogP contribution is 2.37. The Hall–Kier alpha value is -2.22. The maximum Gasteiger partial charge on any atom is 0.338 e. The van der Waals surface area contributed by atoms with Crippen molar-refractivity contribution in [1.29, 1.82) is 0 Å². The summed E-state index contributed by atoms with van der Waals surface area (Å²) < 4.78 is 22.4. The maximum atomic E-state index is 14.7. The number of benzene rings is 1. The monoisotopic (exact) mass is 450 g/mol. The molecule has 1 aromatic carbocycles. The van der Waals surface area contributed by atoms with Gasteiger partial charge in [-0.3, -0.25) is 0 Å². The first-order valence-corrected chi connectivity index (χ1v) is 10.3. The van der Waals surface area contributed by atoms with E-state index in [-0.39, 0.29) is 0 Å². The van der Waals surface area contributed by atoms with Crippen LogP contribution in [0.15, 0.2) is 40.3 Å². The number of unbranched alkanes of at least 4 members (excludes halogenated alkanes) is 4. The van der Waals surface area contributed by atoms with Crippen molar-refractivity contribution in [2.75, 3.05) is 11.9 Å². The molecule has 1 aromatic heterocycles. The lowest BCUT2D eigenvalue weighted by Gasteiger charge is -2.28. The van der Waals surface area contributed by atoms with E-state index >= 15 is 0 Å². The predicted molar refractivity (Wildman–Crippen MR) is 108 cm³/mol. The average molecular weight is 451 g/mol. The number of anilines is 1. The zero-order valence-corrected chi connectivity index (χ0v) is 17.6. The van der Waals surface area contributed by atoms with E-state index in [1.807, 2.05) is 0 Å². The van der Waals surface area contributed by atoms with E-state index in [0.29, 0.717) is 33.9 Å². The summed E-state index contributed by atoms with van der Waals surface area (Å²) in [4.78, 5) is 17.0. The molecule has 28 heavy (non-hydrogen) atoms. The molecule has 2 heterocycles. The summed E-state index contributed by atoms with van der Waals surface area (Å²) in [7, 11) is 0. The predicted octanol–water partition coefficient (Wildman–Crippen LogP) is 4.98. The van der Waals surface area contributed by atoms with E-state index in [0.717, 1.165) is 25.7 Å². The van der Waals surface area contributed by atoms with Gasteiger partial charge in [0.05, 0.1) is 12.2 Å². The first-order valence-electron chi connectivity index (χ1n) is 9.52. The standard InChI is InChI=1S/C20H24BrFN4O2/c1-3-4-5-6-7-10-28-19(27)17-13(2)25-20-23-12-24-26(20)18(17)15-11-14(21)8-9-16(15)22/h8-9,11-12,18H,3-7,10H2,1-2H3,(H,23,24,25)/t18-/m0/s1. The van der Waals surface area contributed by atoms with E-state index < -0.39 is 17.8 Å². The van der Waals surface area contributed by atoms with Crippen LogP contribution < -0.4 is 5.32 Å². The van der Waals surface area contributed by atoms with Crippen LogP contribution in [0.3, 0.4) is 0 Å². The van der Waals surface area contributed by atoms with Gasteiger partial charge in [0, 0.05) is 15.7 Å². The van der Waals surface area contributed by atoms with E-state index in [1.54, 1.807) is 19.1 Å². The Labute approximate surface area is 172 Å². The number of halogens is 2. The summed E-state index contributed by atoms with van der Waals surface area (Å²) in [6, 6.07) is 3.89. The molecule has 150 valence electrons. The van der Waals surface area contributed by atoms with Gasteiger partial charge in [-0.05, 0) is 31.5 Å². The Morgan fingerprint density at radius 3 is 2.89 bits per heavy atom. The Morgan fingerprint density at radius 2 is 2.11 bits per heavy atom. The highest BCUT2D eigenvalue weighted by atomic mass is 79.9. The normalized spacial score (nSPS) is 15.9. The maximum absolute atomic E-state index is 14.7. The molecule has 0 spiro atoms. The second-order valence-corrected chi connectivity index (χ2v) is 7.73. The van der Waals surface area contributed by atoms with Gasteiger partial charge < -0.3 is 10.1 Å². The lowest BCUT2D eigenvalue weighted by molar-refractivity contribution is -0.139. The third kappa shape index (κ3) is 4.43. The quantitative estimate of drug-likeness (QED) is 0.453. The number of hydrogen-bond acceptors (Lipinski definition) is 5. The number of aromatic nitrogens is 3. The summed E-state index contributed by atoms with van der Waals surface area (Å²) in [5, 5.41) is 7.26. The number of allylic oxidation sites excluding steroid dienone is 1. The highest BCUT2D eigenvalue weighted by molar-refractivity contribution is 9.10. The second kappa shape index (κ2) is 9.32. The summed E-state index contributed by atoms with van der Waals surface area (Å²) in [6.45, 7) is 4.26. The van der Waals surface area contributed by atoms with Crippen molar-refractivity contribution in [3.63, 3.8) is 0 Å². The molecule has 0 radical (unpaired) electrons. The number of ether oxygens (including phenoxy) is 1. The second-order valence-electron chi connectivity index (χ2n) is 6.81. The molecule has 0 fully saturated rings. The van der Waals surface area contributed by atoms with E-state index in [9.17, 15) is 9.18 Å². The van der Waals surface area contributed by atoms with Crippen molar-refractivity contribution < 1.29 is 13.9 Å². The fourth-order valence-electron chi connectivity index (χ4n) is 3.32. The number of esters is 1. The zero-order chi connectivity index (χ0) is 20.1. The fourth-order valence-corrected chi connectivity index (χ4v) is 3.69. The van der Waals surface area contributed by atoms with Crippen molar-refractivity contribution in [2.24, 2.45) is 0 Å². The van der Waals surface area contributed by atoms with Gasteiger partial charge in [-0.2, -0.15) is 10.1 Å². The molecule has 0 bridgehead atoms.